The van der Waals surface area contributed by atoms with Crippen LogP contribution in [-0.2, 0) is 11.8 Å². The van der Waals surface area contributed by atoms with Gasteiger partial charge in [-0.05, 0) is 43.5 Å². The molecule has 1 aromatic carbocycles. The lowest BCUT2D eigenvalue weighted by atomic mass is 10.0. The van der Waals surface area contributed by atoms with Crippen LogP contribution >= 0.6 is 0 Å². The topological polar surface area (TPSA) is 51.1 Å². The zero-order valence-corrected chi connectivity index (χ0v) is 13.5. The van der Waals surface area contributed by atoms with Gasteiger partial charge in [0, 0.05) is 18.9 Å². The third kappa shape index (κ3) is 3.60. The van der Waals surface area contributed by atoms with E-state index in [1.165, 1.54) is 11.1 Å². The van der Waals surface area contributed by atoms with E-state index in [2.05, 4.69) is 47.7 Å². The lowest BCUT2D eigenvalue weighted by Crippen LogP contribution is -2.41. The predicted octanol–water partition coefficient (Wildman–Crippen LogP) is 2.72. The number of aryl methyl sites for hydroxylation is 3. The van der Waals surface area contributed by atoms with Crippen molar-refractivity contribution in [1.29, 1.82) is 0 Å². The van der Waals surface area contributed by atoms with E-state index in [9.17, 15) is 0 Å². The van der Waals surface area contributed by atoms with Crippen LogP contribution in [0.2, 0.25) is 0 Å². The van der Waals surface area contributed by atoms with E-state index in [1.54, 1.807) is 6.33 Å². The Balaban J connectivity index is 1.59. The van der Waals surface area contributed by atoms with Crippen molar-refractivity contribution in [3.63, 3.8) is 0 Å². The first-order valence-electron chi connectivity index (χ1n) is 7.76. The molecule has 2 unspecified atom stereocenters. The van der Waals surface area contributed by atoms with Crippen LogP contribution in [0.15, 0.2) is 30.7 Å². The minimum absolute atomic E-state index is 0.285. The molecule has 2 atom stereocenters. The summed E-state index contributed by atoms with van der Waals surface area (Å²) < 4.78 is 7.68. The quantitative estimate of drug-likeness (QED) is 0.911. The normalized spacial score (nSPS) is 21.6. The molecule has 5 nitrogen and oxygen atoms in total. The van der Waals surface area contributed by atoms with Gasteiger partial charge in [-0.2, -0.15) is 0 Å². The molecule has 2 heterocycles. The Labute approximate surface area is 131 Å². The van der Waals surface area contributed by atoms with Gasteiger partial charge in [0.25, 0.3) is 0 Å². The van der Waals surface area contributed by atoms with Crippen molar-refractivity contribution in [2.45, 2.75) is 32.4 Å². The third-order valence-corrected chi connectivity index (χ3v) is 4.14. The second kappa shape index (κ2) is 6.40. The van der Waals surface area contributed by atoms with Gasteiger partial charge in [-0.25, -0.2) is 4.98 Å². The van der Waals surface area contributed by atoms with Gasteiger partial charge >= 0.3 is 0 Å². The van der Waals surface area contributed by atoms with Gasteiger partial charge in [-0.3, -0.25) is 0 Å². The number of nitrogens with zero attached hydrogens (tertiary/aromatic N) is 2. The Morgan fingerprint density at radius 2 is 1.91 bits per heavy atom. The highest BCUT2D eigenvalue weighted by Gasteiger charge is 2.23. The number of hydrogen-bond acceptors (Lipinski definition) is 4. The van der Waals surface area contributed by atoms with Crippen molar-refractivity contribution in [1.82, 2.24) is 9.55 Å². The highest BCUT2D eigenvalue weighted by atomic mass is 16.5. The molecule has 1 aliphatic heterocycles. The molecular weight excluding hydrogens is 276 g/mol. The van der Waals surface area contributed by atoms with Crippen molar-refractivity contribution in [3.8, 4) is 0 Å². The molecule has 2 N–H and O–H groups in total. The second-order valence-electron chi connectivity index (χ2n) is 6.18. The van der Waals surface area contributed by atoms with E-state index in [4.69, 9.17) is 4.74 Å². The first kappa shape index (κ1) is 14.9. The van der Waals surface area contributed by atoms with Crippen molar-refractivity contribution < 1.29 is 4.74 Å². The molecule has 3 rings (SSSR count). The monoisotopic (exact) mass is 300 g/mol. The number of aromatic nitrogens is 2. The first-order valence-corrected chi connectivity index (χ1v) is 7.76. The largest absolute Gasteiger partial charge is 0.380 e. The van der Waals surface area contributed by atoms with E-state index in [-0.39, 0.29) is 6.04 Å². The molecule has 22 heavy (non-hydrogen) atoms. The number of anilines is 2. The molecule has 0 saturated carbocycles. The summed E-state index contributed by atoms with van der Waals surface area (Å²) in [6.07, 6.45) is 4.81. The Morgan fingerprint density at radius 3 is 2.59 bits per heavy atom. The fourth-order valence-electron chi connectivity index (χ4n) is 2.80. The highest BCUT2D eigenvalue weighted by molar-refractivity contribution is 5.49. The smallest absolute Gasteiger partial charge is 0.144 e. The lowest BCUT2D eigenvalue weighted by Gasteiger charge is -2.31. The second-order valence-corrected chi connectivity index (χ2v) is 6.18. The average Bonchev–Trinajstić information content (AvgIpc) is 2.89. The number of benzene rings is 1. The van der Waals surface area contributed by atoms with Crippen LogP contribution in [0.1, 0.15) is 17.5 Å². The van der Waals surface area contributed by atoms with Crippen LogP contribution in [0, 0.1) is 13.8 Å². The summed E-state index contributed by atoms with van der Waals surface area (Å²) >= 11 is 0. The van der Waals surface area contributed by atoms with Crippen LogP contribution in [0.4, 0.5) is 11.5 Å². The molecule has 1 aromatic heterocycles. The fraction of sp³-hybridized carbons (Fsp3) is 0.471. The summed E-state index contributed by atoms with van der Waals surface area (Å²) in [5.74, 6) is 0.905. The van der Waals surface area contributed by atoms with Gasteiger partial charge in [0.2, 0.25) is 0 Å². The maximum absolute atomic E-state index is 5.74. The van der Waals surface area contributed by atoms with E-state index < -0.39 is 0 Å². The molecule has 0 bridgehead atoms. The fourth-order valence-corrected chi connectivity index (χ4v) is 2.80. The summed E-state index contributed by atoms with van der Waals surface area (Å²) in [4.78, 5) is 4.32. The molecule has 1 aliphatic rings. The zero-order chi connectivity index (χ0) is 15.5. The maximum atomic E-state index is 5.74. The SMILES string of the molecule is Cc1ccc(NC2COCC(Nc3cn(C)cn3)C2)cc1C. The number of imidazole rings is 1. The highest BCUT2D eigenvalue weighted by Crippen LogP contribution is 2.19. The Bertz CT molecular complexity index is 637. The van der Waals surface area contributed by atoms with E-state index in [0.717, 1.165) is 31.1 Å². The van der Waals surface area contributed by atoms with E-state index >= 15 is 0 Å². The van der Waals surface area contributed by atoms with Gasteiger partial charge in [0.1, 0.15) is 5.82 Å². The number of nitrogens with one attached hydrogen (secondary N) is 2. The Morgan fingerprint density at radius 1 is 1.14 bits per heavy atom. The van der Waals surface area contributed by atoms with Crippen LogP contribution in [0.5, 0.6) is 0 Å². The summed E-state index contributed by atoms with van der Waals surface area (Å²) in [7, 11) is 1.97. The van der Waals surface area contributed by atoms with Crippen molar-refractivity contribution in [2.75, 3.05) is 23.8 Å². The number of hydrogen-bond donors (Lipinski definition) is 2. The molecule has 1 saturated heterocycles. The van der Waals surface area contributed by atoms with Crippen LogP contribution in [0.25, 0.3) is 0 Å². The lowest BCUT2D eigenvalue weighted by molar-refractivity contribution is 0.0784. The van der Waals surface area contributed by atoms with Crippen molar-refractivity contribution in [2.24, 2.45) is 7.05 Å². The molecule has 5 heteroatoms. The van der Waals surface area contributed by atoms with Gasteiger partial charge in [0.15, 0.2) is 0 Å². The number of ether oxygens (including phenoxy) is 1. The Hall–Kier alpha value is -2.01. The minimum atomic E-state index is 0.285. The first-order chi connectivity index (χ1) is 10.6. The van der Waals surface area contributed by atoms with Crippen molar-refractivity contribution >= 4 is 11.5 Å². The van der Waals surface area contributed by atoms with Crippen LogP contribution < -0.4 is 10.6 Å². The predicted molar refractivity (Wildman–Crippen MR) is 89.4 cm³/mol. The molecule has 1 fully saturated rings. The van der Waals surface area contributed by atoms with Gasteiger partial charge in [-0.15, -0.1) is 0 Å². The summed E-state index contributed by atoms with van der Waals surface area (Å²) in [6, 6.07) is 7.10. The average molecular weight is 300 g/mol. The zero-order valence-electron chi connectivity index (χ0n) is 13.5. The van der Waals surface area contributed by atoms with Crippen molar-refractivity contribution in [3.05, 3.63) is 41.9 Å². The number of rotatable bonds is 4. The molecule has 0 radical (unpaired) electrons. The van der Waals surface area contributed by atoms with Crippen LogP contribution in [0.3, 0.4) is 0 Å². The van der Waals surface area contributed by atoms with Gasteiger partial charge in [-0.1, -0.05) is 6.07 Å². The molecule has 0 spiro atoms. The molecule has 2 aromatic rings. The van der Waals surface area contributed by atoms with Gasteiger partial charge in [0.05, 0.1) is 31.6 Å². The van der Waals surface area contributed by atoms with E-state index in [0.29, 0.717) is 6.04 Å². The molecule has 118 valence electrons. The molecule has 0 amide bonds. The maximum Gasteiger partial charge on any atom is 0.144 e. The Kier molecular flexibility index (Phi) is 4.34. The van der Waals surface area contributed by atoms with Gasteiger partial charge < -0.3 is 19.9 Å². The molecule has 0 aliphatic carbocycles. The summed E-state index contributed by atoms with van der Waals surface area (Å²) in [5, 5.41) is 7.02. The summed E-state index contributed by atoms with van der Waals surface area (Å²) in [5.41, 5.74) is 3.79. The van der Waals surface area contributed by atoms with Crippen LogP contribution in [-0.4, -0.2) is 34.8 Å². The summed E-state index contributed by atoms with van der Waals surface area (Å²) in [6.45, 7) is 5.74. The van der Waals surface area contributed by atoms with E-state index in [1.807, 2.05) is 17.8 Å². The molecular formula is C17H24N4O. The minimum Gasteiger partial charge on any atom is -0.380 e. The third-order valence-electron chi connectivity index (χ3n) is 4.14. The standard InChI is InChI=1S/C17H24N4O/c1-12-4-5-14(6-13(12)2)19-15-7-16(10-22-9-15)20-17-8-21(3)11-18-17/h4-6,8,11,15-16,19-20H,7,9-10H2,1-3H3.